The Morgan fingerprint density at radius 3 is 2.29 bits per heavy atom. The molecule has 0 amide bonds. The third-order valence-corrected chi connectivity index (χ3v) is 9.89. The highest BCUT2D eigenvalue weighted by atomic mass is 28.4. The molecule has 2 unspecified atom stereocenters. The van der Waals surface area contributed by atoms with Gasteiger partial charge in [0.05, 0.1) is 5.92 Å². The van der Waals surface area contributed by atoms with Crippen LogP contribution >= 0.6 is 0 Å². The summed E-state index contributed by atoms with van der Waals surface area (Å²) in [5.74, 6) is -3.88. The van der Waals surface area contributed by atoms with E-state index in [-0.39, 0.29) is 30.5 Å². The summed E-state index contributed by atoms with van der Waals surface area (Å²) in [4.78, 5) is 22.6. The summed E-state index contributed by atoms with van der Waals surface area (Å²) in [5.41, 5.74) is 0. The van der Waals surface area contributed by atoms with Crippen molar-refractivity contribution < 1.29 is 29.0 Å². The molecule has 0 aliphatic heterocycles. The fraction of sp³-hybridized carbons (Fsp3) is 0.882. The van der Waals surface area contributed by atoms with Gasteiger partial charge in [0.25, 0.3) is 0 Å². The molecule has 1 aliphatic carbocycles. The molecule has 0 heterocycles. The second kappa shape index (κ2) is 7.64. The summed E-state index contributed by atoms with van der Waals surface area (Å²) in [5, 5.41) is 21.3. The Morgan fingerprint density at radius 2 is 1.88 bits per heavy atom. The second-order valence-electron chi connectivity index (χ2n) is 8.33. The van der Waals surface area contributed by atoms with Crippen molar-refractivity contribution in [2.75, 3.05) is 13.2 Å². The maximum atomic E-state index is 11.5. The molecule has 6 nitrogen and oxygen atoms in total. The lowest BCUT2D eigenvalue weighted by Gasteiger charge is -2.40. The van der Waals surface area contributed by atoms with E-state index in [0.29, 0.717) is 12.8 Å². The van der Waals surface area contributed by atoms with Gasteiger partial charge < -0.3 is 19.4 Å². The van der Waals surface area contributed by atoms with Crippen molar-refractivity contribution in [2.45, 2.75) is 70.9 Å². The van der Waals surface area contributed by atoms with Crippen LogP contribution in [0.3, 0.4) is 0 Å². The maximum absolute atomic E-state index is 11.5. The van der Waals surface area contributed by atoms with Crippen molar-refractivity contribution in [3.63, 3.8) is 0 Å². The van der Waals surface area contributed by atoms with Gasteiger partial charge in [-0.25, -0.2) is 0 Å². The molecule has 2 atom stereocenters. The Kier molecular flexibility index (Phi) is 6.77. The third-order valence-electron chi connectivity index (χ3n) is 5.39. The van der Waals surface area contributed by atoms with Crippen molar-refractivity contribution in [3.8, 4) is 0 Å². The van der Waals surface area contributed by atoms with Gasteiger partial charge in [0, 0.05) is 32.3 Å². The highest BCUT2D eigenvalue weighted by molar-refractivity contribution is 6.74. The lowest BCUT2D eigenvalue weighted by molar-refractivity contribution is -0.248. The van der Waals surface area contributed by atoms with E-state index >= 15 is 0 Å². The molecule has 1 fully saturated rings. The molecule has 7 heteroatoms. The Bertz CT molecular complexity index is 466. The number of carbonyl (C=O) groups excluding carboxylic acids is 2. The number of carbonyl (C=O) groups is 2. The number of esters is 1. The van der Waals surface area contributed by atoms with E-state index in [0.717, 1.165) is 0 Å². The van der Waals surface area contributed by atoms with Crippen LogP contribution in [0, 0.1) is 11.8 Å². The Balaban J connectivity index is 2.87. The van der Waals surface area contributed by atoms with E-state index < -0.39 is 31.9 Å². The first kappa shape index (κ1) is 21.3. The van der Waals surface area contributed by atoms with Crippen LogP contribution in [0.15, 0.2) is 0 Å². The largest absolute Gasteiger partial charge is 0.465 e. The monoisotopic (exact) mass is 360 g/mol. The van der Waals surface area contributed by atoms with Crippen LogP contribution in [0.1, 0.15) is 47.0 Å². The van der Waals surface area contributed by atoms with Gasteiger partial charge in [-0.2, -0.15) is 0 Å². The zero-order chi connectivity index (χ0) is 18.8. The van der Waals surface area contributed by atoms with Gasteiger partial charge in [-0.1, -0.05) is 20.8 Å². The Morgan fingerprint density at radius 1 is 1.29 bits per heavy atom. The van der Waals surface area contributed by atoms with Gasteiger partial charge in [0.15, 0.2) is 14.1 Å². The lowest BCUT2D eigenvalue weighted by Crippen LogP contribution is -2.51. The third kappa shape index (κ3) is 5.37. The molecule has 0 saturated heterocycles. The number of aliphatic hydroxyl groups is 2. The van der Waals surface area contributed by atoms with E-state index in [9.17, 15) is 19.8 Å². The first-order valence-corrected chi connectivity index (χ1v) is 11.4. The first-order valence-electron chi connectivity index (χ1n) is 8.51. The van der Waals surface area contributed by atoms with Crippen LogP contribution in [0.5, 0.6) is 0 Å². The van der Waals surface area contributed by atoms with Crippen molar-refractivity contribution in [2.24, 2.45) is 11.8 Å². The zero-order valence-corrected chi connectivity index (χ0v) is 16.7. The average Bonchev–Trinajstić information content (AvgIpc) is 2.84. The number of ether oxygens (including phenoxy) is 1. The van der Waals surface area contributed by atoms with E-state index in [2.05, 4.69) is 33.9 Å². The summed E-state index contributed by atoms with van der Waals surface area (Å²) in [6.07, 6.45) is 0.934. The fourth-order valence-corrected chi connectivity index (χ4v) is 3.60. The topological polar surface area (TPSA) is 93.1 Å². The minimum atomic E-state index is -2.09. The van der Waals surface area contributed by atoms with Crippen LogP contribution in [0.25, 0.3) is 0 Å². The summed E-state index contributed by atoms with van der Waals surface area (Å²) < 4.78 is 11.1. The van der Waals surface area contributed by atoms with Crippen molar-refractivity contribution in [1.29, 1.82) is 0 Å². The van der Waals surface area contributed by atoms with Gasteiger partial charge in [-0.05, 0) is 24.6 Å². The maximum Gasteiger partial charge on any atom is 0.302 e. The van der Waals surface area contributed by atoms with Gasteiger partial charge in [0.2, 0.25) is 0 Å². The van der Waals surface area contributed by atoms with Gasteiger partial charge in [-0.3, -0.25) is 9.59 Å². The average molecular weight is 361 g/mol. The number of hydrogen-bond donors (Lipinski definition) is 2. The highest BCUT2D eigenvalue weighted by Gasteiger charge is 2.47. The van der Waals surface area contributed by atoms with Crippen LogP contribution in [-0.2, 0) is 18.8 Å². The summed E-state index contributed by atoms with van der Waals surface area (Å²) >= 11 is 0. The fourth-order valence-electron chi connectivity index (χ4n) is 2.55. The molecule has 1 saturated carbocycles. The van der Waals surface area contributed by atoms with E-state index in [1.807, 2.05) is 0 Å². The van der Waals surface area contributed by atoms with Crippen LogP contribution in [0.2, 0.25) is 18.1 Å². The number of rotatable bonds is 7. The molecule has 1 rings (SSSR count). The van der Waals surface area contributed by atoms with E-state index in [1.54, 1.807) is 0 Å². The normalized spacial score (nSPS) is 21.0. The van der Waals surface area contributed by atoms with Gasteiger partial charge in [-0.15, -0.1) is 0 Å². The molecular weight excluding hydrogens is 328 g/mol. The second-order valence-corrected chi connectivity index (χ2v) is 13.1. The highest BCUT2D eigenvalue weighted by Crippen LogP contribution is 2.39. The predicted octanol–water partition coefficient (Wildman–Crippen LogP) is 2.24. The molecule has 0 aromatic heterocycles. The molecule has 1 aliphatic rings. The summed E-state index contributed by atoms with van der Waals surface area (Å²) in [6, 6.07) is 0. The van der Waals surface area contributed by atoms with Crippen LogP contribution in [0.4, 0.5) is 0 Å². The summed E-state index contributed by atoms with van der Waals surface area (Å²) in [7, 11) is -2.09. The van der Waals surface area contributed by atoms with Crippen molar-refractivity contribution in [1.82, 2.24) is 0 Å². The molecule has 0 aromatic carbocycles. The molecular formula is C17H32O6Si. The lowest BCUT2D eigenvalue weighted by atomic mass is 9.86. The van der Waals surface area contributed by atoms with E-state index in [4.69, 9.17) is 9.16 Å². The molecule has 0 radical (unpaired) electrons. The number of hydrogen-bond acceptors (Lipinski definition) is 6. The molecule has 24 heavy (non-hydrogen) atoms. The Labute approximate surface area is 145 Å². The van der Waals surface area contributed by atoms with Crippen molar-refractivity contribution in [3.05, 3.63) is 0 Å². The van der Waals surface area contributed by atoms with E-state index in [1.165, 1.54) is 6.92 Å². The van der Waals surface area contributed by atoms with Gasteiger partial charge >= 0.3 is 5.97 Å². The van der Waals surface area contributed by atoms with Crippen LogP contribution in [-0.4, -0.2) is 49.3 Å². The minimum Gasteiger partial charge on any atom is -0.465 e. The molecule has 0 aromatic rings. The quantitative estimate of drug-likeness (QED) is 0.411. The van der Waals surface area contributed by atoms with Crippen LogP contribution < -0.4 is 0 Å². The predicted molar refractivity (Wildman–Crippen MR) is 92.8 cm³/mol. The Hall–Kier alpha value is -0.763. The molecule has 140 valence electrons. The summed E-state index contributed by atoms with van der Waals surface area (Å²) in [6.45, 7) is 11.7. The minimum absolute atomic E-state index is 0.0180. The number of ketones is 1. The smallest absolute Gasteiger partial charge is 0.302 e. The van der Waals surface area contributed by atoms with Gasteiger partial charge in [0.1, 0.15) is 12.4 Å². The first-order chi connectivity index (χ1) is 10.8. The molecule has 2 N–H and O–H groups in total. The number of Topliss-reactive ketones (excluding diaryl/α,β-unsaturated/α-hetero) is 1. The SMILES string of the molecule is CC(=O)OCC(CO[Si](C)(C)C(C)(C)C)C(O)(O)C1CCC(=O)C1. The molecule has 0 spiro atoms. The standard InChI is InChI=1S/C17H32O6Si/c1-12(18)22-10-14(11-23-24(5,6)16(2,3)4)17(20,21)13-7-8-15(19)9-13/h13-14,20-21H,7-11H2,1-6H3. The van der Waals surface area contributed by atoms with Crippen molar-refractivity contribution >= 4 is 20.1 Å². The zero-order valence-electron chi connectivity index (χ0n) is 15.7. The molecule has 0 bridgehead atoms.